The van der Waals surface area contributed by atoms with Gasteiger partial charge in [0.2, 0.25) is 11.8 Å². The van der Waals surface area contributed by atoms with Crippen molar-refractivity contribution in [2.24, 2.45) is 11.8 Å². The second kappa shape index (κ2) is 4.93. The quantitative estimate of drug-likeness (QED) is 0.607. The van der Waals surface area contributed by atoms with Crippen molar-refractivity contribution in [2.75, 3.05) is 0 Å². The van der Waals surface area contributed by atoms with Crippen LogP contribution in [0.4, 0.5) is 0 Å². The maximum absolute atomic E-state index is 12.3. The first-order valence-corrected chi connectivity index (χ1v) is 6.70. The molecular weight excluding hydrogens is 252 g/mol. The Morgan fingerprint density at radius 1 is 1.05 bits per heavy atom. The maximum atomic E-state index is 12.3. The number of imide groups is 1. The molecule has 4 nitrogen and oxygen atoms in total. The van der Waals surface area contributed by atoms with Gasteiger partial charge in [-0.1, -0.05) is 24.3 Å². The van der Waals surface area contributed by atoms with Gasteiger partial charge >= 0.3 is 0 Å². The van der Waals surface area contributed by atoms with Crippen molar-refractivity contribution in [3.63, 3.8) is 0 Å². The zero-order chi connectivity index (χ0) is 14.1. The minimum atomic E-state index is -0.175. The highest BCUT2D eigenvalue weighted by atomic mass is 16.2. The zero-order valence-corrected chi connectivity index (χ0v) is 11.0. The minimum absolute atomic E-state index is 0.0614. The lowest BCUT2D eigenvalue weighted by atomic mass is 9.85. The van der Waals surface area contributed by atoms with E-state index in [4.69, 9.17) is 5.26 Å². The fraction of sp³-hybridized carbons (Fsp3) is 0.312. The number of carbonyl (C=O) groups excluding carboxylic acids is 2. The first-order valence-electron chi connectivity index (χ1n) is 6.70. The van der Waals surface area contributed by atoms with Gasteiger partial charge in [-0.3, -0.25) is 14.5 Å². The Morgan fingerprint density at radius 2 is 1.60 bits per heavy atom. The first-order chi connectivity index (χ1) is 9.70. The normalized spacial score (nSPS) is 24.6. The van der Waals surface area contributed by atoms with Gasteiger partial charge in [0.1, 0.15) is 0 Å². The largest absolute Gasteiger partial charge is 0.278 e. The third-order valence-corrected chi connectivity index (χ3v) is 4.02. The molecule has 1 aliphatic heterocycles. The molecule has 0 aromatic heterocycles. The van der Waals surface area contributed by atoms with Gasteiger partial charge in [-0.2, -0.15) is 5.26 Å². The average Bonchev–Trinajstić information content (AvgIpc) is 2.74. The SMILES string of the molecule is N#Cc1ccc(CN2C(=O)[C@@H]3CC=CC[C@H]3C2=O)cc1. The highest BCUT2D eigenvalue weighted by molar-refractivity contribution is 6.05. The molecule has 4 heteroatoms. The summed E-state index contributed by atoms with van der Waals surface area (Å²) in [4.78, 5) is 26.0. The van der Waals surface area contributed by atoms with Crippen LogP contribution in [0.2, 0.25) is 0 Å². The van der Waals surface area contributed by atoms with Gasteiger partial charge < -0.3 is 0 Å². The summed E-state index contributed by atoms with van der Waals surface area (Å²) >= 11 is 0. The lowest BCUT2D eigenvalue weighted by Gasteiger charge is -2.14. The molecule has 0 N–H and O–H groups in total. The zero-order valence-electron chi connectivity index (χ0n) is 11.0. The van der Waals surface area contributed by atoms with E-state index in [0.717, 1.165) is 5.56 Å². The number of rotatable bonds is 2. The summed E-state index contributed by atoms with van der Waals surface area (Å²) in [5.74, 6) is -0.473. The second-order valence-electron chi connectivity index (χ2n) is 5.23. The summed E-state index contributed by atoms with van der Waals surface area (Å²) in [6.07, 6.45) is 5.30. The Morgan fingerprint density at radius 3 is 2.10 bits per heavy atom. The summed E-state index contributed by atoms with van der Waals surface area (Å²) < 4.78 is 0. The molecule has 1 aliphatic carbocycles. The van der Waals surface area contributed by atoms with Crippen LogP contribution < -0.4 is 0 Å². The molecule has 1 saturated heterocycles. The number of nitriles is 1. The molecule has 100 valence electrons. The number of amides is 2. The van der Waals surface area contributed by atoms with E-state index in [-0.39, 0.29) is 23.7 Å². The summed E-state index contributed by atoms with van der Waals surface area (Å²) in [6.45, 7) is 0.302. The van der Waals surface area contributed by atoms with Crippen molar-refractivity contribution in [3.8, 4) is 6.07 Å². The van der Waals surface area contributed by atoms with E-state index in [1.165, 1.54) is 4.90 Å². The number of hydrogen-bond donors (Lipinski definition) is 0. The molecule has 0 unspecified atom stereocenters. The van der Waals surface area contributed by atoms with Gasteiger partial charge in [-0.15, -0.1) is 0 Å². The molecule has 1 aromatic carbocycles. The number of carbonyl (C=O) groups is 2. The van der Waals surface area contributed by atoms with Crippen molar-refractivity contribution in [1.29, 1.82) is 5.26 Å². The molecule has 0 saturated carbocycles. The third kappa shape index (κ3) is 2.01. The van der Waals surface area contributed by atoms with Crippen LogP contribution in [0.25, 0.3) is 0 Å². The molecule has 3 rings (SSSR count). The Labute approximate surface area is 117 Å². The number of allylic oxidation sites excluding steroid dienone is 2. The second-order valence-corrected chi connectivity index (χ2v) is 5.23. The average molecular weight is 266 g/mol. The van der Waals surface area contributed by atoms with Crippen LogP contribution in [0, 0.1) is 23.2 Å². The van der Waals surface area contributed by atoms with Crippen LogP contribution in [0.15, 0.2) is 36.4 Å². The van der Waals surface area contributed by atoms with E-state index in [1.807, 2.05) is 12.2 Å². The van der Waals surface area contributed by atoms with Gasteiger partial charge in [0.25, 0.3) is 0 Å². The summed E-state index contributed by atoms with van der Waals surface area (Å²) in [6, 6.07) is 9.04. The van der Waals surface area contributed by atoms with Gasteiger partial charge in [0, 0.05) is 0 Å². The Bertz CT molecular complexity index is 599. The first kappa shape index (κ1) is 12.6. The summed E-state index contributed by atoms with van der Waals surface area (Å²) in [7, 11) is 0. The molecule has 1 aromatic rings. The van der Waals surface area contributed by atoms with Crippen molar-refractivity contribution < 1.29 is 9.59 Å². The Kier molecular flexibility index (Phi) is 3.11. The predicted octanol–water partition coefficient (Wildman–Crippen LogP) is 2.01. The number of hydrogen-bond acceptors (Lipinski definition) is 3. The fourth-order valence-corrected chi connectivity index (χ4v) is 2.89. The Balaban J connectivity index is 1.79. The van der Waals surface area contributed by atoms with Crippen molar-refractivity contribution >= 4 is 11.8 Å². The molecule has 0 spiro atoms. The van der Waals surface area contributed by atoms with Gasteiger partial charge in [-0.25, -0.2) is 0 Å². The van der Waals surface area contributed by atoms with Crippen molar-refractivity contribution in [1.82, 2.24) is 4.90 Å². The lowest BCUT2D eigenvalue weighted by molar-refractivity contribution is -0.140. The maximum Gasteiger partial charge on any atom is 0.233 e. The number of likely N-dealkylation sites (tertiary alicyclic amines) is 1. The van der Waals surface area contributed by atoms with Gasteiger partial charge in [0.05, 0.1) is 30.0 Å². The van der Waals surface area contributed by atoms with Crippen LogP contribution in [-0.2, 0) is 16.1 Å². The van der Waals surface area contributed by atoms with Crippen molar-refractivity contribution in [2.45, 2.75) is 19.4 Å². The van der Waals surface area contributed by atoms with E-state index >= 15 is 0 Å². The summed E-state index contributed by atoms with van der Waals surface area (Å²) in [5, 5.41) is 8.76. The topological polar surface area (TPSA) is 61.2 Å². The molecule has 1 heterocycles. The number of nitrogens with zero attached hydrogens (tertiary/aromatic N) is 2. The van der Waals surface area contributed by atoms with Crippen LogP contribution in [0.3, 0.4) is 0 Å². The van der Waals surface area contributed by atoms with E-state index in [2.05, 4.69) is 6.07 Å². The van der Waals surface area contributed by atoms with E-state index in [9.17, 15) is 9.59 Å². The molecular formula is C16H14N2O2. The molecule has 1 fully saturated rings. The van der Waals surface area contributed by atoms with Gasteiger partial charge in [0.15, 0.2) is 0 Å². The molecule has 20 heavy (non-hydrogen) atoms. The van der Waals surface area contributed by atoms with Crippen LogP contribution in [0.1, 0.15) is 24.0 Å². The minimum Gasteiger partial charge on any atom is -0.278 e. The van der Waals surface area contributed by atoms with E-state index < -0.39 is 0 Å². The summed E-state index contributed by atoms with van der Waals surface area (Å²) in [5.41, 5.74) is 1.45. The van der Waals surface area contributed by atoms with Crippen molar-refractivity contribution in [3.05, 3.63) is 47.5 Å². The smallest absolute Gasteiger partial charge is 0.233 e. The van der Waals surface area contributed by atoms with E-state index in [1.54, 1.807) is 24.3 Å². The van der Waals surface area contributed by atoms with Crippen LogP contribution >= 0.6 is 0 Å². The number of fused-ring (bicyclic) bond motifs is 1. The monoisotopic (exact) mass is 266 g/mol. The standard InChI is InChI=1S/C16H14N2O2/c17-9-11-5-7-12(8-6-11)10-18-15(19)13-3-1-2-4-14(13)16(18)20/h1-2,5-8,13-14H,3-4,10H2/t13-,14-/m1/s1. The molecule has 2 aliphatic rings. The van der Waals surface area contributed by atoms with E-state index in [0.29, 0.717) is 24.9 Å². The fourth-order valence-electron chi connectivity index (χ4n) is 2.89. The molecule has 2 atom stereocenters. The molecule has 2 amide bonds. The molecule has 0 radical (unpaired) electrons. The highest BCUT2D eigenvalue weighted by Crippen LogP contribution is 2.35. The lowest BCUT2D eigenvalue weighted by Crippen LogP contribution is -2.30. The van der Waals surface area contributed by atoms with Crippen LogP contribution in [-0.4, -0.2) is 16.7 Å². The molecule has 0 bridgehead atoms. The predicted molar refractivity (Wildman–Crippen MR) is 72.1 cm³/mol. The Hall–Kier alpha value is -2.41. The third-order valence-electron chi connectivity index (χ3n) is 4.02. The highest BCUT2D eigenvalue weighted by Gasteiger charge is 2.46. The van der Waals surface area contributed by atoms with Gasteiger partial charge in [-0.05, 0) is 30.5 Å². The van der Waals surface area contributed by atoms with Crippen LogP contribution in [0.5, 0.6) is 0 Å². The number of benzene rings is 1.